The maximum Gasteiger partial charge on any atom is 0.242 e. The van der Waals surface area contributed by atoms with Crippen molar-refractivity contribution in [3.05, 3.63) is 57.8 Å². The zero-order valence-corrected chi connectivity index (χ0v) is 17.4. The lowest BCUT2D eigenvalue weighted by molar-refractivity contribution is -0.140. The molecule has 28 heavy (non-hydrogen) atoms. The van der Waals surface area contributed by atoms with E-state index >= 15 is 0 Å². The molecular weight excluding hydrogens is 372 g/mol. The van der Waals surface area contributed by atoms with Gasteiger partial charge in [-0.1, -0.05) is 30.3 Å². The van der Waals surface area contributed by atoms with Gasteiger partial charge in [-0.2, -0.15) is 0 Å². The van der Waals surface area contributed by atoms with Gasteiger partial charge in [0.1, 0.15) is 0 Å². The van der Waals surface area contributed by atoms with Gasteiger partial charge >= 0.3 is 0 Å². The fourth-order valence-corrected chi connectivity index (χ4v) is 4.59. The number of rotatable bonds is 8. The Labute approximate surface area is 170 Å². The second-order valence-corrected chi connectivity index (χ2v) is 7.94. The summed E-state index contributed by atoms with van der Waals surface area (Å²) in [5.74, 6) is -0.0772. The molecule has 2 amide bonds. The van der Waals surface area contributed by atoms with Crippen LogP contribution in [-0.4, -0.2) is 54.5 Å². The van der Waals surface area contributed by atoms with E-state index in [0.717, 1.165) is 18.4 Å². The summed E-state index contributed by atoms with van der Waals surface area (Å²) < 4.78 is 5.36. The van der Waals surface area contributed by atoms with Gasteiger partial charge in [0.2, 0.25) is 11.8 Å². The topological polar surface area (TPSA) is 49.9 Å². The number of fused-ring (bicyclic) bond motifs is 1. The third-order valence-corrected chi connectivity index (χ3v) is 6.09. The van der Waals surface area contributed by atoms with Crippen molar-refractivity contribution in [1.82, 2.24) is 9.80 Å². The van der Waals surface area contributed by atoms with Crippen LogP contribution >= 0.6 is 11.3 Å². The maximum atomic E-state index is 13.2. The van der Waals surface area contributed by atoms with Crippen molar-refractivity contribution >= 4 is 23.2 Å². The van der Waals surface area contributed by atoms with Crippen molar-refractivity contribution in [2.45, 2.75) is 32.7 Å². The predicted octanol–water partition coefficient (Wildman–Crippen LogP) is 3.50. The highest BCUT2D eigenvalue weighted by Crippen LogP contribution is 2.37. The molecule has 1 aromatic carbocycles. The summed E-state index contributed by atoms with van der Waals surface area (Å²) in [5.41, 5.74) is 2.32. The Kier molecular flexibility index (Phi) is 7.23. The minimum absolute atomic E-state index is 0.00249. The van der Waals surface area contributed by atoms with Crippen LogP contribution in [0.4, 0.5) is 0 Å². The Balaban J connectivity index is 1.76. The Bertz CT molecular complexity index is 790. The average molecular weight is 401 g/mol. The van der Waals surface area contributed by atoms with E-state index in [9.17, 15) is 9.59 Å². The molecule has 2 heterocycles. The molecule has 1 atom stereocenters. The van der Waals surface area contributed by atoms with Crippen molar-refractivity contribution < 1.29 is 14.3 Å². The standard InChI is InChI=1S/C22H28N2O3S/c1-3-27-14-7-12-23(17(2)25)16-21(26)24-13-10-20-19(11-15-28-20)22(24)18-8-5-4-6-9-18/h4-6,8-9,11,15,22H,3,7,10,12-14,16H2,1-2H3. The zero-order valence-electron chi connectivity index (χ0n) is 16.6. The first-order valence-electron chi connectivity index (χ1n) is 9.85. The van der Waals surface area contributed by atoms with Crippen molar-refractivity contribution in [3.63, 3.8) is 0 Å². The lowest BCUT2D eigenvalue weighted by Crippen LogP contribution is -2.46. The Morgan fingerprint density at radius 2 is 2.04 bits per heavy atom. The molecule has 0 fully saturated rings. The second kappa shape index (κ2) is 9.85. The smallest absolute Gasteiger partial charge is 0.242 e. The number of hydrogen-bond donors (Lipinski definition) is 0. The van der Waals surface area contributed by atoms with Crippen molar-refractivity contribution in [2.75, 3.05) is 32.8 Å². The van der Waals surface area contributed by atoms with E-state index in [-0.39, 0.29) is 24.4 Å². The molecule has 1 aliphatic heterocycles. The summed E-state index contributed by atoms with van der Waals surface area (Å²) in [5, 5.41) is 2.10. The van der Waals surface area contributed by atoms with E-state index in [4.69, 9.17) is 4.74 Å². The fraction of sp³-hybridized carbons (Fsp3) is 0.455. The van der Waals surface area contributed by atoms with Crippen LogP contribution in [0.5, 0.6) is 0 Å². The van der Waals surface area contributed by atoms with Gasteiger partial charge in [0, 0.05) is 38.1 Å². The Morgan fingerprint density at radius 3 is 2.75 bits per heavy atom. The molecule has 0 aliphatic carbocycles. The van der Waals surface area contributed by atoms with E-state index in [1.54, 1.807) is 16.2 Å². The maximum absolute atomic E-state index is 13.2. The molecule has 2 aromatic rings. The first-order valence-corrected chi connectivity index (χ1v) is 10.7. The average Bonchev–Trinajstić information content (AvgIpc) is 3.18. The molecule has 1 unspecified atom stereocenters. The number of amides is 2. The lowest BCUT2D eigenvalue weighted by Gasteiger charge is -2.37. The molecule has 0 saturated heterocycles. The highest BCUT2D eigenvalue weighted by molar-refractivity contribution is 7.10. The number of thiophene rings is 1. The molecule has 0 saturated carbocycles. The quantitative estimate of drug-likeness (QED) is 0.637. The van der Waals surface area contributed by atoms with E-state index < -0.39 is 0 Å². The zero-order chi connectivity index (χ0) is 19.9. The highest BCUT2D eigenvalue weighted by Gasteiger charge is 2.33. The summed E-state index contributed by atoms with van der Waals surface area (Å²) in [6.07, 6.45) is 1.60. The molecule has 5 nitrogen and oxygen atoms in total. The van der Waals surface area contributed by atoms with E-state index in [2.05, 4.69) is 23.6 Å². The molecule has 1 aromatic heterocycles. The van der Waals surface area contributed by atoms with Crippen molar-refractivity contribution in [3.8, 4) is 0 Å². The third kappa shape index (κ3) is 4.80. The molecule has 0 N–H and O–H groups in total. The summed E-state index contributed by atoms with van der Waals surface area (Å²) in [4.78, 5) is 30.2. The van der Waals surface area contributed by atoms with Gasteiger partial charge in [-0.15, -0.1) is 11.3 Å². The van der Waals surface area contributed by atoms with Crippen LogP contribution in [0.1, 0.15) is 42.3 Å². The minimum atomic E-state index is -0.0825. The summed E-state index contributed by atoms with van der Waals surface area (Å²) in [6.45, 7) is 6.06. The van der Waals surface area contributed by atoms with Gasteiger partial charge in [-0.25, -0.2) is 0 Å². The summed E-state index contributed by atoms with van der Waals surface area (Å²) in [7, 11) is 0. The van der Waals surface area contributed by atoms with Crippen LogP contribution in [0.15, 0.2) is 41.8 Å². The number of benzene rings is 1. The monoisotopic (exact) mass is 400 g/mol. The number of hydrogen-bond acceptors (Lipinski definition) is 4. The molecule has 3 rings (SSSR count). The van der Waals surface area contributed by atoms with Crippen molar-refractivity contribution in [1.29, 1.82) is 0 Å². The summed E-state index contributed by atoms with van der Waals surface area (Å²) in [6, 6.07) is 12.2. The molecule has 1 aliphatic rings. The van der Waals surface area contributed by atoms with Crippen LogP contribution in [0.25, 0.3) is 0 Å². The largest absolute Gasteiger partial charge is 0.382 e. The van der Waals surface area contributed by atoms with Crippen LogP contribution in [-0.2, 0) is 20.7 Å². The first-order chi connectivity index (χ1) is 13.6. The van der Waals surface area contributed by atoms with Gasteiger partial charge in [-0.05, 0) is 42.3 Å². The van der Waals surface area contributed by atoms with E-state index in [1.165, 1.54) is 17.4 Å². The van der Waals surface area contributed by atoms with Crippen LogP contribution < -0.4 is 0 Å². The third-order valence-electron chi connectivity index (χ3n) is 5.09. The number of nitrogens with zero attached hydrogens (tertiary/aromatic N) is 2. The minimum Gasteiger partial charge on any atom is -0.382 e. The lowest BCUT2D eigenvalue weighted by atomic mass is 9.93. The Morgan fingerprint density at radius 1 is 1.25 bits per heavy atom. The molecule has 0 radical (unpaired) electrons. The van der Waals surface area contributed by atoms with E-state index in [0.29, 0.717) is 26.3 Å². The molecule has 0 spiro atoms. The highest BCUT2D eigenvalue weighted by atomic mass is 32.1. The predicted molar refractivity (Wildman–Crippen MR) is 111 cm³/mol. The fourth-order valence-electron chi connectivity index (χ4n) is 3.68. The van der Waals surface area contributed by atoms with Gasteiger partial charge in [-0.3, -0.25) is 9.59 Å². The molecule has 0 bridgehead atoms. The molecule has 6 heteroatoms. The van der Waals surface area contributed by atoms with Gasteiger partial charge in [0.25, 0.3) is 0 Å². The second-order valence-electron chi connectivity index (χ2n) is 6.94. The van der Waals surface area contributed by atoms with Crippen LogP contribution in [0.3, 0.4) is 0 Å². The number of ether oxygens (including phenoxy) is 1. The Hall–Kier alpha value is -2.18. The van der Waals surface area contributed by atoms with E-state index in [1.807, 2.05) is 30.0 Å². The summed E-state index contributed by atoms with van der Waals surface area (Å²) >= 11 is 1.76. The molecular formula is C22H28N2O3S. The number of carbonyl (C=O) groups is 2. The van der Waals surface area contributed by atoms with Crippen LogP contribution in [0.2, 0.25) is 0 Å². The van der Waals surface area contributed by atoms with Gasteiger partial charge < -0.3 is 14.5 Å². The molecule has 150 valence electrons. The van der Waals surface area contributed by atoms with Gasteiger partial charge in [0.05, 0.1) is 12.6 Å². The van der Waals surface area contributed by atoms with Crippen LogP contribution in [0, 0.1) is 0 Å². The van der Waals surface area contributed by atoms with Crippen molar-refractivity contribution in [2.24, 2.45) is 0 Å². The SMILES string of the molecule is CCOCCCN(CC(=O)N1CCc2sccc2C1c1ccccc1)C(C)=O. The normalized spacial score (nSPS) is 15.9. The first kappa shape index (κ1) is 20.6. The van der Waals surface area contributed by atoms with Gasteiger partial charge in [0.15, 0.2) is 0 Å². The number of carbonyl (C=O) groups excluding carboxylic acids is 2.